The zero-order chi connectivity index (χ0) is 13.4. The largest absolute Gasteiger partial charge is 0.479 e. The van der Waals surface area contributed by atoms with E-state index in [0.717, 1.165) is 30.8 Å². The number of H-pyrrole nitrogens is 1. The normalized spacial score (nSPS) is 20.2. The third kappa shape index (κ3) is 2.23. The Morgan fingerprint density at radius 3 is 3.05 bits per heavy atom. The van der Waals surface area contributed by atoms with E-state index in [2.05, 4.69) is 31.5 Å². The number of aromatic amines is 1. The first-order valence-electron chi connectivity index (χ1n) is 6.35. The first-order chi connectivity index (χ1) is 9.19. The molecule has 0 amide bonds. The minimum atomic E-state index is 0.540. The van der Waals surface area contributed by atoms with Gasteiger partial charge in [-0.05, 0) is 38.1 Å². The lowest BCUT2D eigenvalue weighted by Gasteiger charge is -2.11. The molecule has 0 aliphatic carbocycles. The minimum absolute atomic E-state index is 0.540. The topological polar surface area (TPSA) is 59.0 Å². The Kier molecular flexibility index (Phi) is 3.24. The van der Waals surface area contributed by atoms with Crippen LogP contribution in [0.4, 0.5) is 0 Å². The molecule has 3 rings (SSSR count). The van der Waals surface area contributed by atoms with E-state index in [0.29, 0.717) is 16.6 Å². The van der Waals surface area contributed by atoms with Crippen LogP contribution in [0.15, 0.2) is 6.33 Å². The predicted molar refractivity (Wildman–Crippen MR) is 74.9 cm³/mol. The molecule has 1 atom stereocenters. The van der Waals surface area contributed by atoms with Gasteiger partial charge in [0, 0.05) is 13.1 Å². The third-order valence-corrected chi connectivity index (χ3v) is 3.97. The average Bonchev–Trinajstić information content (AvgIpc) is 2.94. The second-order valence-corrected chi connectivity index (χ2v) is 5.43. The van der Waals surface area contributed by atoms with E-state index in [4.69, 9.17) is 17.0 Å². The molecule has 0 bridgehead atoms. The number of imidazole rings is 1. The van der Waals surface area contributed by atoms with Crippen molar-refractivity contribution in [3.63, 3.8) is 0 Å². The first kappa shape index (κ1) is 12.6. The molecule has 2 aromatic heterocycles. The molecule has 1 unspecified atom stereocenters. The van der Waals surface area contributed by atoms with Gasteiger partial charge in [-0.3, -0.25) is 0 Å². The van der Waals surface area contributed by atoms with Crippen LogP contribution in [-0.4, -0.2) is 51.7 Å². The van der Waals surface area contributed by atoms with E-state index in [9.17, 15) is 0 Å². The van der Waals surface area contributed by atoms with E-state index in [1.807, 2.05) is 0 Å². The molecule has 7 heteroatoms. The van der Waals surface area contributed by atoms with Crippen LogP contribution in [0, 0.1) is 10.7 Å². The Hall–Kier alpha value is -1.47. The van der Waals surface area contributed by atoms with Crippen LogP contribution in [0.1, 0.15) is 6.42 Å². The number of nitrogens with zero attached hydrogens (tertiary/aromatic N) is 4. The Morgan fingerprint density at radius 1 is 1.53 bits per heavy atom. The van der Waals surface area contributed by atoms with Crippen LogP contribution in [0.25, 0.3) is 11.2 Å². The van der Waals surface area contributed by atoms with Gasteiger partial charge in [0.25, 0.3) is 0 Å². The fourth-order valence-corrected chi connectivity index (χ4v) is 2.97. The number of fused-ring (bicyclic) bond motifs is 1. The summed E-state index contributed by atoms with van der Waals surface area (Å²) in [7, 11) is 3.75. The lowest BCUT2D eigenvalue weighted by Crippen LogP contribution is -2.17. The molecule has 0 saturated carbocycles. The summed E-state index contributed by atoms with van der Waals surface area (Å²) in [5, 5.41) is 0. The number of methoxy groups -OCH3 is 1. The second-order valence-electron chi connectivity index (χ2n) is 5.04. The third-order valence-electron chi connectivity index (χ3n) is 3.65. The van der Waals surface area contributed by atoms with Gasteiger partial charge in [0.2, 0.25) is 5.88 Å². The van der Waals surface area contributed by atoms with Crippen molar-refractivity contribution < 1.29 is 4.74 Å². The van der Waals surface area contributed by atoms with Crippen molar-refractivity contribution in [1.82, 2.24) is 24.4 Å². The summed E-state index contributed by atoms with van der Waals surface area (Å²) in [6.45, 7) is 3.15. The van der Waals surface area contributed by atoms with E-state index < -0.39 is 0 Å². The van der Waals surface area contributed by atoms with Crippen molar-refractivity contribution in [1.29, 1.82) is 0 Å². The highest BCUT2D eigenvalue weighted by Gasteiger charge is 2.21. The van der Waals surface area contributed by atoms with Gasteiger partial charge < -0.3 is 19.2 Å². The highest BCUT2D eigenvalue weighted by Crippen LogP contribution is 2.23. The fourth-order valence-electron chi connectivity index (χ4n) is 2.70. The predicted octanol–water partition coefficient (Wildman–Crippen LogP) is 1.45. The first-order valence-corrected chi connectivity index (χ1v) is 6.76. The minimum Gasteiger partial charge on any atom is -0.479 e. The maximum atomic E-state index is 5.39. The summed E-state index contributed by atoms with van der Waals surface area (Å²) in [5.74, 6) is 1.16. The van der Waals surface area contributed by atoms with E-state index in [1.54, 1.807) is 7.11 Å². The highest BCUT2D eigenvalue weighted by atomic mass is 32.1. The van der Waals surface area contributed by atoms with E-state index in [-0.39, 0.29) is 0 Å². The summed E-state index contributed by atoms with van der Waals surface area (Å²) in [6, 6.07) is 0. The second kappa shape index (κ2) is 4.90. The molecule has 0 aromatic carbocycles. The summed E-state index contributed by atoms with van der Waals surface area (Å²) >= 11 is 5.39. The average molecular weight is 279 g/mol. The molecule has 6 nitrogen and oxygen atoms in total. The molecular weight excluding hydrogens is 262 g/mol. The fraction of sp³-hybridized carbons (Fsp3) is 0.583. The Labute approximate surface area is 116 Å². The number of aromatic nitrogens is 4. The van der Waals surface area contributed by atoms with Crippen molar-refractivity contribution in [2.75, 3.05) is 27.2 Å². The van der Waals surface area contributed by atoms with Gasteiger partial charge in [0.1, 0.15) is 11.8 Å². The maximum absolute atomic E-state index is 5.39. The van der Waals surface area contributed by atoms with Crippen LogP contribution < -0.4 is 4.74 Å². The smallest absolute Gasteiger partial charge is 0.242 e. The SMILES string of the molecule is COc1ncnc2c1[nH]c(=S)n2CC1CCN(C)C1. The van der Waals surface area contributed by atoms with Crippen LogP contribution >= 0.6 is 12.2 Å². The molecule has 1 aliphatic rings. The molecule has 102 valence electrons. The maximum Gasteiger partial charge on any atom is 0.242 e. The Balaban J connectivity index is 1.99. The number of nitrogens with one attached hydrogen (secondary N) is 1. The van der Waals surface area contributed by atoms with Gasteiger partial charge in [-0.2, -0.15) is 4.98 Å². The molecule has 3 heterocycles. The summed E-state index contributed by atoms with van der Waals surface area (Å²) in [4.78, 5) is 13.9. The molecule has 1 saturated heterocycles. The zero-order valence-electron chi connectivity index (χ0n) is 11.1. The van der Waals surface area contributed by atoms with Crippen molar-refractivity contribution in [2.24, 2.45) is 5.92 Å². The summed E-state index contributed by atoms with van der Waals surface area (Å²) in [5.41, 5.74) is 1.60. The standard InChI is InChI=1S/C12H17N5OS/c1-16-4-3-8(5-16)6-17-10-9(15-12(17)19)11(18-2)14-7-13-10/h7-8H,3-6H2,1-2H3,(H,15,19). The molecule has 0 spiro atoms. The van der Waals surface area contributed by atoms with Gasteiger partial charge in [-0.25, -0.2) is 4.98 Å². The van der Waals surface area contributed by atoms with Crippen molar-refractivity contribution in [3.05, 3.63) is 11.1 Å². The summed E-state index contributed by atoms with van der Waals surface area (Å²) in [6.07, 6.45) is 2.72. The number of hydrogen-bond acceptors (Lipinski definition) is 5. The van der Waals surface area contributed by atoms with Crippen LogP contribution in [0.5, 0.6) is 5.88 Å². The summed E-state index contributed by atoms with van der Waals surface area (Å²) < 4.78 is 7.97. The highest BCUT2D eigenvalue weighted by molar-refractivity contribution is 7.71. The van der Waals surface area contributed by atoms with Gasteiger partial charge in [0.05, 0.1) is 7.11 Å². The van der Waals surface area contributed by atoms with E-state index >= 15 is 0 Å². The van der Waals surface area contributed by atoms with Crippen molar-refractivity contribution in [2.45, 2.75) is 13.0 Å². The number of likely N-dealkylation sites (tertiary alicyclic amines) is 1. The zero-order valence-corrected chi connectivity index (χ0v) is 11.9. The molecule has 19 heavy (non-hydrogen) atoms. The van der Waals surface area contributed by atoms with Crippen molar-refractivity contribution >= 4 is 23.4 Å². The van der Waals surface area contributed by atoms with Gasteiger partial charge in [-0.15, -0.1) is 0 Å². The Bertz CT molecular complexity index is 649. The number of rotatable bonds is 3. The van der Waals surface area contributed by atoms with E-state index in [1.165, 1.54) is 12.7 Å². The quantitative estimate of drug-likeness (QED) is 0.862. The van der Waals surface area contributed by atoms with Crippen LogP contribution in [0.3, 0.4) is 0 Å². The number of hydrogen-bond donors (Lipinski definition) is 1. The molecular formula is C12H17N5OS. The van der Waals surface area contributed by atoms with Crippen LogP contribution in [0.2, 0.25) is 0 Å². The lowest BCUT2D eigenvalue weighted by molar-refractivity contribution is 0.378. The lowest BCUT2D eigenvalue weighted by atomic mass is 10.1. The van der Waals surface area contributed by atoms with Crippen LogP contribution in [-0.2, 0) is 6.54 Å². The molecule has 1 N–H and O–H groups in total. The monoisotopic (exact) mass is 279 g/mol. The molecule has 0 radical (unpaired) electrons. The molecule has 1 aliphatic heterocycles. The molecule has 2 aromatic rings. The van der Waals surface area contributed by atoms with Gasteiger partial charge >= 0.3 is 0 Å². The molecule has 1 fully saturated rings. The van der Waals surface area contributed by atoms with Crippen molar-refractivity contribution in [3.8, 4) is 5.88 Å². The van der Waals surface area contributed by atoms with Gasteiger partial charge in [0.15, 0.2) is 10.4 Å². The number of ether oxygens (including phenoxy) is 1. The van der Waals surface area contributed by atoms with Gasteiger partial charge in [-0.1, -0.05) is 0 Å². The Morgan fingerprint density at radius 2 is 2.37 bits per heavy atom.